The van der Waals surface area contributed by atoms with Gasteiger partial charge in [-0.15, -0.1) is 10.2 Å². The van der Waals surface area contributed by atoms with E-state index in [1.165, 1.54) is 6.07 Å². The van der Waals surface area contributed by atoms with E-state index in [-0.39, 0.29) is 0 Å². The lowest BCUT2D eigenvalue weighted by atomic mass is 10.6. The topological polar surface area (TPSA) is 25.8 Å². The molecule has 42 valence electrons. The summed E-state index contributed by atoms with van der Waals surface area (Å²) in [6, 6.07) is 2.83. The Labute approximate surface area is 59.3 Å². The molecule has 0 aliphatic heterocycles. The molecule has 0 atom stereocenters. The number of aromatic nitrogens is 2. The van der Waals surface area contributed by atoms with Crippen LogP contribution in [0, 0.1) is 9.65 Å². The quantitative estimate of drug-likeness (QED) is 0.619. The van der Waals surface area contributed by atoms with Crippen molar-refractivity contribution in [3.63, 3.8) is 0 Å². The van der Waals surface area contributed by atoms with Crippen molar-refractivity contribution < 1.29 is 4.39 Å². The van der Waals surface area contributed by atoms with Crippen LogP contribution in [0.2, 0.25) is 0 Å². The van der Waals surface area contributed by atoms with Crippen LogP contribution in [0.4, 0.5) is 4.39 Å². The third-order valence-electron chi connectivity index (χ3n) is 0.599. The lowest BCUT2D eigenvalue weighted by molar-refractivity contribution is 0.561. The third kappa shape index (κ3) is 1.36. The van der Waals surface area contributed by atoms with Gasteiger partial charge in [-0.3, -0.25) is 0 Å². The zero-order valence-electron chi connectivity index (χ0n) is 3.81. The summed E-state index contributed by atoms with van der Waals surface area (Å²) in [5.74, 6) is -0.537. The van der Waals surface area contributed by atoms with E-state index in [1.54, 1.807) is 6.07 Å². The van der Waals surface area contributed by atoms with E-state index in [0.29, 0.717) is 3.70 Å². The summed E-state index contributed by atoms with van der Waals surface area (Å²) in [4.78, 5) is 0. The Morgan fingerprint density at radius 2 is 2.12 bits per heavy atom. The molecule has 1 rings (SSSR count). The highest BCUT2D eigenvalue weighted by Crippen LogP contribution is 1.96. The molecule has 4 heteroatoms. The van der Waals surface area contributed by atoms with Gasteiger partial charge in [0.05, 0.1) is 0 Å². The number of rotatable bonds is 0. The van der Waals surface area contributed by atoms with E-state index in [1.807, 2.05) is 22.6 Å². The predicted molar refractivity (Wildman–Crippen MR) is 34.7 cm³/mol. The van der Waals surface area contributed by atoms with Crippen LogP contribution in [0.15, 0.2) is 12.1 Å². The molecule has 0 saturated heterocycles. The average molecular weight is 224 g/mol. The van der Waals surface area contributed by atoms with Gasteiger partial charge < -0.3 is 0 Å². The summed E-state index contributed by atoms with van der Waals surface area (Å²) in [6.45, 7) is 0. The second kappa shape index (κ2) is 2.34. The van der Waals surface area contributed by atoms with Crippen molar-refractivity contribution in [1.29, 1.82) is 0 Å². The van der Waals surface area contributed by atoms with Crippen LogP contribution in [0.25, 0.3) is 0 Å². The van der Waals surface area contributed by atoms with Gasteiger partial charge in [0.15, 0.2) is 0 Å². The Kier molecular flexibility index (Phi) is 1.72. The van der Waals surface area contributed by atoms with Crippen LogP contribution in [-0.4, -0.2) is 10.2 Å². The highest BCUT2D eigenvalue weighted by atomic mass is 127. The molecule has 0 bridgehead atoms. The van der Waals surface area contributed by atoms with E-state index in [4.69, 9.17) is 0 Å². The van der Waals surface area contributed by atoms with E-state index >= 15 is 0 Å². The van der Waals surface area contributed by atoms with Crippen molar-refractivity contribution in [3.05, 3.63) is 21.8 Å². The second-order valence-electron chi connectivity index (χ2n) is 1.18. The van der Waals surface area contributed by atoms with Gasteiger partial charge in [-0.1, -0.05) is 0 Å². The first-order chi connectivity index (χ1) is 3.79. The molecule has 0 fully saturated rings. The molecule has 0 saturated carbocycles. The molecule has 8 heavy (non-hydrogen) atoms. The van der Waals surface area contributed by atoms with Crippen LogP contribution in [0.3, 0.4) is 0 Å². The smallest absolute Gasteiger partial charge is 0.183 e. The first-order valence-electron chi connectivity index (χ1n) is 1.94. The van der Waals surface area contributed by atoms with E-state index < -0.39 is 5.95 Å². The van der Waals surface area contributed by atoms with Crippen LogP contribution in [0.1, 0.15) is 0 Å². The van der Waals surface area contributed by atoms with Gasteiger partial charge in [0.2, 0.25) is 5.95 Å². The molecular weight excluding hydrogens is 222 g/mol. The number of halogens is 2. The predicted octanol–water partition coefficient (Wildman–Crippen LogP) is 1.22. The van der Waals surface area contributed by atoms with Gasteiger partial charge in [-0.05, 0) is 34.7 Å². The zero-order valence-corrected chi connectivity index (χ0v) is 5.96. The highest BCUT2D eigenvalue weighted by molar-refractivity contribution is 14.1. The maximum atomic E-state index is 11.9. The summed E-state index contributed by atoms with van der Waals surface area (Å²) < 4.78 is 12.6. The van der Waals surface area contributed by atoms with Gasteiger partial charge in [0.1, 0.15) is 3.70 Å². The van der Waals surface area contributed by atoms with Crippen molar-refractivity contribution in [3.8, 4) is 0 Å². The Morgan fingerprint density at radius 3 is 2.50 bits per heavy atom. The molecule has 2 nitrogen and oxygen atoms in total. The van der Waals surface area contributed by atoms with Crippen LogP contribution < -0.4 is 0 Å². The summed E-state index contributed by atoms with van der Waals surface area (Å²) in [6.07, 6.45) is 0. The van der Waals surface area contributed by atoms with Gasteiger partial charge in [-0.2, -0.15) is 4.39 Å². The SMILES string of the molecule is Fc1ccc(I)nn1. The summed E-state index contributed by atoms with van der Waals surface area (Å²) in [7, 11) is 0. The van der Waals surface area contributed by atoms with Crippen molar-refractivity contribution >= 4 is 22.6 Å². The normalized spacial score (nSPS) is 9.25. The second-order valence-corrected chi connectivity index (χ2v) is 2.28. The van der Waals surface area contributed by atoms with Crippen LogP contribution in [-0.2, 0) is 0 Å². The van der Waals surface area contributed by atoms with Gasteiger partial charge in [0, 0.05) is 0 Å². The first kappa shape index (κ1) is 5.87. The maximum absolute atomic E-state index is 11.9. The molecule has 0 aliphatic carbocycles. The van der Waals surface area contributed by atoms with Gasteiger partial charge in [-0.25, -0.2) is 0 Å². The minimum absolute atomic E-state index is 0.537. The van der Waals surface area contributed by atoms with Crippen molar-refractivity contribution in [1.82, 2.24) is 10.2 Å². The molecule has 0 spiro atoms. The van der Waals surface area contributed by atoms with Gasteiger partial charge in [0.25, 0.3) is 0 Å². The number of nitrogens with zero attached hydrogens (tertiary/aromatic N) is 2. The first-order valence-corrected chi connectivity index (χ1v) is 3.01. The highest BCUT2D eigenvalue weighted by Gasteiger charge is 1.88. The number of hydrogen-bond donors (Lipinski definition) is 0. The van der Waals surface area contributed by atoms with E-state index in [0.717, 1.165) is 0 Å². The fourth-order valence-electron chi connectivity index (χ4n) is 0.300. The van der Waals surface area contributed by atoms with Crippen LogP contribution in [0.5, 0.6) is 0 Å². The Balaban J connectivity index is 3.03. The van der Waals surface area contributed by atoms with Crippen LogP contribution >= 0.6 is 22.6 Å². The number of hydrogen-bond acceptors (Lipinski definition) is 2. The molecule has 0 radical (unpaired) electrons. The summed E-state index contributed by atoms with van der Waals surface area (Å²) >= 11 is 1.96. The Bertz CT molecular complexity index is 153. The molecule has 0 aromatic carbocycles. The summed E-state index contributed by atoms with van der Waals surface area (Å²) in [5.41, 5.74) is 0. The zero-order chi connectivity index (χ0) is 5.98. The lowest BCUT2D eigenvalue weighted by Crippen LogP contribution is -1.87. The maximum Gasteiger partial charge on any atom is 0.233 e. The monoisotopic (exact) mass is 224 g/mol. The van der Waals surface area contributed by atoms with E-state index in [2.05, 4.69) is 10.2 Å². The fraction of sp³-hybridized carbons (Fsp3) is 0. The molecular formula is C4H2FIN2. The molecule has 0 aliphatic rings. The molecule has 0 amide bonds. The molecule has 1 aromatic heterocycles. The van der Waals surface area contributed by atoms with Crippen molar-refractivity contribution in [2.75, 3.05) is 0 Å². The lowest BCUT2D eigenvalue weighted by Gasteiger charge is -1.83. The molecule has 0 unspecified atom stereocenters. The Hall–Kier alpha value is -0.260. The fourth-order valence-corrected chi connectivity index (χ4v) is 0.587. The Morgan fingerprint density at radius 1 is 1.38 bits per heavy atom. The van der Waals surface area contributed by atoms with Crippen molar-refractivity contribution in [2.45, 2.75) is 0 Å². The minimum Gasteiger partial charge on any atom is -0.183 e. The molecule has 1 heterocycles. The van der Waals surface area contributed by atoms with E-state index in [9.17, 15) is 4.39 Å². The molecule has 0 N–H and O–H groups in total. The molecule has 1 aromatic rings. The largest absolute Gasteiger partial charge is 0.233 e. The van der Waals surface area contributed by atoms with Crippen molar-refractivity contribution in [2.24, 2.45) is 0 Å². The average Bonchev–Trinajstić information content (AvgIpc) is 1.77. The third-order valence-corrected chi connectivity index (χ3v) is 1.17. The van der Waals surface area contributed by atoms with Gasteiger partial charge >= 0.3 is 0 Å². The minimum atomic E-state index is -0.537. The summed E-state index contributed by atoms with van der Waals surface area (Å²) in [5, 5.41) is 6.59. The standard InChI is InChI=1S/C4H2FIN2/c5-3-1-2-4(6)8-7-3/h1-2H.